The molecular weight excluding hydrogens is 362 g/mol. The lowest BCUT2D eigenvalue weighted by atomic mass is 10.2. The van der Waals surface area contributed by atoms with Crippen molar-refractivity contribution < 1.29 is 9.53 Å². The maximum Gasteiger partial charge on any atom is 0.276 e. The highest BCUT2D eigenvalue weighted by Crippen LogP contribution is 2.32. The number of amides is 1. The molecule has 3 rings (SSSR count). The summed E-state index contributed by atoms with van der Waals surface area (Å²) in [7, 11) is 0. The number of nitrogens with one attached hydrogen (secondary N) is 1. The van der Waals surface area contributed by atoms with Crippen LogP contribution in [-0.4, -0.2) is 35.4 Å². The number of aryl methyl sites for hydroxylation is 2. The zero-order valence-electron chi connectivity index (χ0n) is 15.8. The summed E-state index contributed by atoms with van der Waals surface area (Å²) >= 11 is 1.60. The minimum Gasteiger partial charge on any atom is -0.382 e. The molecule has 0 atom stereocenters. The Morgan fingerprint density at radius 2 is 2.11 bits per heavy atom. The minimum absolute atomic E-state index is 0.00155. The number of carbonyl (C=O) groups excluding carboxylic acids is 1. The van der Waals surface area contributed by atoms with Gasteiger partial charge in [-0.2, -0.15) is 5.10 Å². The van der Waals surface area contributed by atoms with Gasteiger partial charge in [-0.25, -0.2) is 4.68 Å². The van der Waals surface area contributed by atoms with Gasteiger partial charge >= 0.3 is 0 Å². The molecule has 0 spiro atoms. The van der Waals surface area contributed by atoms with Gasteiger partial charge < -0.3 is 10.1 Å². The molecule has 0 fully saturated rings. The van der Waals surface area contributed by atoms with Crippen LogP contribution in [0.4, 0.5) is 0 Å². The zero-order chi connectivity index (χ0) is 19.2. The van der Waals surface area contributed by atoms with Crippen molar-refractivity contribution in [3.05, 3.63) is 40.3 Å². The van der Waals surface area contributed by atoms with Crippen molar-refractivity contribution in [2.24, 2.45) is 0 Å². The Kier molecular flexibility index (Phi) is 6.58. The molecule has 6 nitrogen and oxygen atoms in total. The molecule has 0 aliphatic carbocycles. The number of carbonyl (C=O) groups is 1. The van der Waals surface area contributed by atoms with E-state index in [0.717, 1.165) is 32.3 Å². The van der Waals surface area contributed by atoms with Gasteiger partial charge in [-0.15, -0.1) is 11.3 Å². The number of fused-ring (bicyclic) bond motifs is 3. The number of ether oxygens (including phenoxy) is 1. The fourth-order valence-electron chi connectivity index (χ4n) is 3.09. The first kappa shape index (κ1) is 19.5. The first-order valence-corrected chi connectivity index (χ1v) is 10.2. The predicted octanol–water partition coefficient (Wildman–Crippen LogP) is 3.24. The van der Waals surface area contributed by atoms with Crippen LogP contribution in [0.2, 0.25) is 0 Å². The monoisotopic (exact) mass is 387 g/mol. The lowest BCUT2D eigenvalue weighted by Crippen LogP contribution is -2.27. The molecule has 0 bridgehead atoms. The van der Waals surface area contributed by atoms with E-state index in [9.17, 15) is 9.59 Å². The number of thiophene rings is 1. The summed E-state index contributed by atoms with van der Waals surface area (Å²) in [5.74, 6) is -0.00155. The van der Waals surface area contributed by atoms with Crippen LogP contribution in [0.3, 0.4) is 0 Å². The van der Waals surface area contributed by atoms with E-state index in [4.69, 9.17) is 4.74 Å². The summed E-state index contributed by atoms with van der Waals surface area (Å²) in [4.78, 5) is 24.8. The van der Waals surface area contributed by atoms with E-state index >= 15 is 0 Å². The molecule has 1 amide bonds. The van der Waals surface area contributed by atoms with Crippen LogP contribution in [0.15, 0.2) is 29.1 Å². The van der Waals surface area contributed by atoms with Crippen molar-refractivity contribution in [2.75, 3.05) is 19.8 Å². The van der Waals surface area contributed by atoms with E-state index in [0.29, 0.717) is 39.1 Å². The van der Waals surface area contributed by atoms with E-state index in [1.54, 1.807) is 11.3 Å². The van der Waals surface area contributed by atoms with Gasteiger partial charge in [-0.3, -0.25) is 9.59 Å². The standard InChI is InChI=1S/C20H25N3O3S/c1-3-26-13-7-11-21-17(24)10-6-12-23-20(25)18-15-8-4-5-9-16(15)27-19(18)14(2)22-23/h4-5,8-9H,3,6-7,10-13H2,1-2H3,(H,21,24). The summed E-state index contributed by atoms with van der Waals surface area (Å²) < 4.78 is 8.78. The van der Waals surface area contributed by atoms with Gasteiger partial charge in [-0.05, 0) is 32.8 Å². The van der Waals surface area contributed by atoms with Gasteiger partial charge in [0.05, 0.1) is 15.8 Å². The summed E-state index contributed by atoms with van der Waals surface area (Å²) in [5, 5.41) is 9.05. The molecule has 2 aromatic heterocycles. The highest BCUT2D eigenvalue weighted by atomic mass is 32.1. The molecule has 1 N–H and O–H groups in total. The van der Waals surface area contributed by atoms with Crippen molar-refractivity contribution in [3.63, 3.8) is 0 Å². The van der Waals surface area contributed by atoms with Crippen molar-refractivity contribution in [1.29, 1.82) is 0 Å². The summed E-state index contributed by atoms with van der Waals surface area (Å²) in [6, 6.07) is 7.93. The molecular formula is C20H25N3O3S. The first-order chi connectivity index (χ1) is 13.1. The Labute approximate surface area is 162 Å². The minimum atomic E-state index is -0.0785. The zero-order valence-corrected chi connectivity index (χ0v) is 16.6. The average molecular weight is 388 g/mol. The molecule has 27 heavy (non-hydrogen) atoms. The Morgan fingerprint density at radius 3 is 2.93 bits per heavy atom. The van der Waals surface area contributed by atoms with Crippen LogP contribution >= 0.6 is 11.3 Å². The third-order valence-corrected chi connectivity index (χ3v) is 5.69. The number of benzene rings is 1. The summed E-state index contributed by atoms with van der Waals surface area (Å²) in [6.07, 6.45) is 1.77. The molecule has 0 aliphatic rings. The number of hydrogen-bond donors (Lipinski definition) is 1. The Bertz CT molecular complexity index is 993. The second kappa shape index (κ2) is 9.10. The van der Waals surface area contributed by atoms with Crippen LogP contribution in [0, 0.1) is 6.92 Å². The lowest BCUT2D eigenvalue weighted by Gasteiger charge is -2.08. The molecule has 0 saturated heterocycles. The maximum absolute atomic E-state index is 12.9. The van der Waals surface area contributed by atoms with Gasteiger partial charge in [-0.1, -0.05) is 18.2 Å². The largest absolute Gasteiger partial charge is 0.382 e. The predicted molar refractivity (Wildman–Crippen MR) is 109 cm³/mol. The second-order valence-electron chi connectivity index (χ2n) is 6.42. The van der Waals surface area contributed by atoms with Crippen molar-refractivity contribution in [3.8, 4) is 0 Å². The molecule has 2 heterocycles. The molecule has 144 valence electrons. The van der Waals surface area contributed by atoms with E-state index in [1.807, 2.05) is 38.1 Å². The van der Waals surface area contributed by atoms with E-state index in [1.165, 1.54) is 4.68 Å². The Hall–Kier alpha value is -2.25. The second-order valence-corrected chi connectivity index (χ2v) is 7.47. The molecule has 0 aliphatic heterocycles. The van der Waals surface area contributed by atoms with Crippen LogP contribution in [0.5, 0.6) is 0 Å². The van der Waals surface area contributed by atoms with Crippen LogP contribution in [0.25, 0.3) is 20.2 Å². The van der Waals surface area contributed by atoms with E-state index in [-0.39, 0.29) is 11.5 Å². The fraction of sp³-hybridized carbons (Fsp3) is 0.450. The van der Waals surface area contributed by atoms with Gasteiger partial charge in [0.15, 0.2) is 0 Å². The molecule has 3 aromatic rings. The number of rotatable bonds is 9. The van der Waals surface area contributed by atoms with Gasteiger partial charge in [0, 0.05) is 42.8 Å². The third-order valence-electron chi connectivity index (χ3n) is 4.41. The smallest absolute Gasteiger partial charge is 0.276 e. The van der Waals surface area contributed by atoms with Crippen LogP contribution in [-0.2, 0) is 16.1 Å². The number of aromatic nitrogens is 2. The van der Waals surface area contributed by atoms with Gasteiger partial charge in [0.2, 0.25) is 5.91 Å². The van der Waals surface area contributed by atoms with Crippen LogP contribution < -0.4 is 10.9 Å². The summed E-state index contributed by atoms with van der Waals surface area (Å²) in [5.41, 5.74) is 0.774. The summed E-state index contributed by atoms with van der Waals surface area (Å²) in [6.45, 7) is 6.28. The van der Waals surface area contributed by atoms with E-state index < -0.39 is 0 Å². The van der Waals surface area contributed by atoms with E-state index in [2.05, 4.69) is 10.4 Å². The normalized spacial score (nSPS) is 11.3. The van der Waals surface area contributed by atoms with Gasteiger partial charge in [0.25, 0.3) is 5.56 Å². The van der Waals surface area contributed by atoms with Crippen molar-refractivity contribution in [2.45, 2.75) is 39.7 Å². The highest BCUT2D eigenvalue weighted by Gasteiger charge is 2.14. The quantitative estimate of drug-likeness (QED) is 0.572. The van der Waals surface area contributed by atoms with Crippen molar-refractivity contribution >= 4 is 37.4 Å². The molecule has 7 heteroatoms. The third kappa shape index (κ3) is 4.54. The van der Waals surface area contributed by atoms with Crippen molar-refractivity contribution in [1.82, 2.24) is 15.1 Å². The molecule has 0 unspecified atom stereocenters. The SMILES string of the molecule is CCOCCCNC(=O)CCCn1nc(C)c2sc3ccccc3c2c1=O. The Balaban J connectivity index is 1.64. The fourth-order valence-corrected chi connectivity index (χ4v) is 4.22. The lowest BCUT2D eigenvalue weighted by molar-refractivity contribution is -0.121. The van der Waals surface area contributed by atoms with Gasteiger partial charge in [0.1, 0.15) is 0 Å². The number of nitrogens with zero attached hydrogens (tertiary/aromatic N) is 2. The topological polar surface area (TPSA) is 73.2 Å². The average Bonchev–Trinajstić information content (AvgIpc) is 3.06. The molecule has 0 saturated carbocycles. The first-order valence-electron chi connectivity index (χ1n) is 9.35. The maximum atomic E-state index is 12.9. The molecule has 0 radical (unpaired) electrons. The van der Waals surface area contributed by atoms with Crippen LogP contribution in [0.1, 0.15) is 31.9 Å². The Morgan fingerprint density at radius 1 is 1.30 bits per heavy atom. The number of hydrogen-bond acceptors (Lipinski definition) is 5. The highest BCUT2D eigenvalue weighted by molar-refractivity contribution is 7.26. The molecule has 1 aromatic carbocycles.